The van der Waals surface area contributed by atoms with Crippen LogP contribution < -0.4 is 0 Å². The molecule has 2 aliphatic heterocycles. The van der Waals surface area contributed by atoms with Crippen molar-refractivity contribution in [2.24, 2.45) is 0 Å². The largest absolute Gasteiger partial charge is 0.430 e. The van der Waals surface area contributed by atoms with Gasteiger partial charge in [0.25, 0.3) is 0 Å². The monoisotopic (exact) mass is 282 g/mol. The zero-order valence-electron chi connectivity index (χ0n) is 11.3. The number of hydrogen-bond acceptors (Lipinski definition) is 6. The van der Waals surface area contributed by atoms with E-state index in [1.54, 1.807) is 0 Å². The maximum absolute atomic E-state index is 11.3. The van der Waals surface area contributed by atoms with E-state index >= 15 is 0 Å². The standard InChI is InChI=1S/C14H18O6/c1-3-11(15)19-13(7-9-17-13)5-6-14(8-10-18-14)20-12(16)4-2/h3-4H,1-2,5-10H2. The number of hydrogen-bond donors (Lipinski definition) is 0. The van der Waals surface area contributed by atoms with Crippen LogP contribution in [0.5, 0.6) is 0 Å². The van der Waals surface area contributed by atoms with E-state index in [-0.39, 0.29) is 0 Å². The molecule has 2 rings (SSSR count). The summed E-state index contributed by atoms with van der Waals surface area (Å²) >= 11 is 0. The molecular weight excluding hydrogens is 264 g/mol. The Morgan fingerprint density at radius 3 is 1.50 bits per heavy atom. The van der Waals surface area contributed by atoms with Crippen LogP contribution in [0.3, 0.4) is 0 Å². The van der Waals surface area contributed by atoms with Crippen LogP contribution in [-0.4, -0.2) is 36.7 Å². The summed E-state index contributed by atoms with van der Waals surface area (Å²) in [5.74, 6) is -2.96. The molecule has 110 valence electrons. The van der Waals surface area contributed by atoms with Gasteiger partial charge in [0.1, 0.15) is 0 Å². The molecule has 0 radical (unpaired) electrons. The van der Waals surface area contributed by atoms with Gasteiger partial charge in [-0.2, -0.15) is 0 Å². The Morgan fingerprint density at radius 2 is 1.30 bits per heavy atom. The van der Waals surface area contributed by atoms with Crippen LogP contribution in [0.25, 0.3) is 0 Å². The lowest BCUT2D eigenvalue weighted by Crippen LogP contribution is -2.52. The summed E-state index contributed by atoms with van der Waals surface area (Å²) in [5.41, 5.74) is 0. The Morgan fingerprint density at radius 1 is 0.950 bits per heavy atom. The van der Waals surface area contributed by atoms with Gasteiger partial charge in [0.2, 0.25) is 11.6 Å². The highest BCUT2D eigenvalue weighted by Crippen LogP contribution is 2.40. The van der Waals surface area contributed by atoms with Crippen molar-refractivity contribution in [3.05, 3.63) is 25.3 Å². The highest BCUT2D eigenvalue weighted by molar-refractivity contribution is 5.82. The van der Waals surface area contributed by atoms with Crippen molar-refractivity contribution in [2.45, 2.75) is 37.3 Å². The van der Waals surface area contributed by atoms with E-state index in [0.717, 1.165) is 12.2 Å². The summed E-state index contributed by atoms with van der Waals surface area (Å²) in [6.07, 6.45) is 4.21. The molecule has 2 aliphatic rings. The van der Waals surface area contributed by atoms with E-state index in [1.807, 2.05) is 0 Å². The van der Waals surface area contributed by atoms with Gasteiger partial charge in [-0.1, -0.05) is 13.2 Å². The molecule has 0 aliphatic carbocycles. The maximum atomic E-state index is 11.3. The minimum Gasteiger partial charge on any atom is -0.430 e. The van der Waals surface area contributed by atoms with Gasteiger partial charge in [0.15, 0.2) is 0 Å². The van der Waals surface area contributed by atoms with Crippen molar-refractivity contribution in [2.75, 3.05) is 13.2 Å². The fourth-order valence-corrected chi connectivity index (χ4v) is 2.15. The van der Waals surface area contributed by atoms with Gasteiger partial charge in [0, 0.05) is 37.8 Å². The van der Waals surface area contributed by atoms with E-state index in [4.69, 9.17) is 18.9 Å². The molecule has 0 saturated carbocycles. The lowest BCUT2D eigenvalue weighted by molar-refractivity contribution is -0.324. The molecule has 2 unspecified atom stereocenters. The molecule has 20 heavy (non-hydrogen) atoms. The minimum absolute atomic E-state index is 0.400. The van der Waals surface area contributed by atoms with Crippen LogP contribution >= 0.6 is 0 Å². The average molecular weight is 282 g/mol. The van der Waals surface area contributed by atoms with Gasteiger partial charge < -0.3 is 18.9 Å². The predicted octanol–water partition coefficient (Wildman–Crippen LogP) is 1.46. The van der Waals surface area contributed by atoms with E-state index in [2.05, 4.69) is 13.2 Å². The van der Waals surface area contributed by atoms with E-state index < -0.39 is 23.5 Å². The zero-order valence-corrected chi connectivity index (χ0v) is 11.3. The molecule has 6 heteroatoms. The smallest absolute Gasteiger partial charge is 0.332 e. The first-order chi connectivity index (χ1) is 9.53. The van der Waals surface area contributed by atoms with E-state index in [1.165, 1.54) is 0 Å². The van der Waals surface area contributed by atoms with Gasteiger partial charge in [-0.15, -0.1) is 0 Å². The van der Waals surface area contributed by atoms with Crippen LogP contribution in [0.4, 0.5) is 0 Å². The number of carbonyl (C=O) groups is 2. The number of esters is 2. The third-order valence-corrected chi connectivity index (χ3v) is 3.49. The molecule has 0 N–H and O–H groups in total. The third kappa shape index (κ3) is 3.08. The first kappa shape index (κ1) is 14.7. The van der Waals surface area contributed by atoms with Gasteiger partial charge in [-0.05, 0) is 0 Å². The first-order valence-corrected chi connectivity index (χ1v) is 6.52. The lowest BCUT2D eigenvalue weighted by atomic mass is 9.94. The normalized spacial score (nSPS) is 31.4. The molecule has 0 aromatic rings. The summed E-state index contributed by atoms with van der Waals surface area (Å²) in [6, 6.07) is 0. The summed E-state index contributed by atoms with van der Waals surface area (Å²) < 4.78 is 21.2. The molecule has 2 heterocycles. The second-order valence-corrected chi connectivity index (χ2v) is 4.77. The fourth-order valence-electron chi connectivity index (χ4n) is 2.15. The molecule has 0 aromatic heterocycles. The van der Waals surface area contributed by atoms with E-state index in [9.17, 15) is 9.59 Å². The quantitative estimate of drug-likeness (QED) is 0.520. The molecule has 0 spiro atoms. The summed E-state index contributed by atoms with van der Waals surface area (Å²) in [5, 5.41) is 0. The molecule has 6 nitrogen and oxygen atoms in total. The Labute approximate surface area is 117 Å². The molecule has 0 aromatic carbocycles. The Hall–Kier alpha value is -1.66. The first-order valence-electron chi connectivity index (χ1n) is 6.52. The number of ether oxygens (including phenoxy) is 4. The summed E-state index contributed by atoms with van der Waals surface area (Å²) in [6.45, 7) is 7.77. The van der Waals surface area contributed by atoms with Gasteiger partial charge >= 0.3 is 11.9 Å². The Bertz CT molecular complexity index is 379. The fraction of sp³-hybridized carbons (Fsp3) is 0.571. The van der Waals surface area contributed by atoms with E-state index in [0.29, 0.717) is 38.9 Å². The van der Waals surface area contributed by atoms with Gasteiger partial charge in [0.05, 0.1) is 13.2 Å². The van der Waals surface area contributed by atoms with Crippen LogP contribution in [0.15, 0.2) is 25.3 Å². The molecule has 2 atom stereocenters. The molecule has 0 bridgehead atoms. The highest BCUT2D eigenvalue weighted by atomic mass is 16.7. The molecule has 0 amide bonds. The van der Waals surface area contributed by atoms with Crippen LogP contribution in [-0.2, 0) is 28.5 Å². The van der Waals surface area contributed by atoms with Gasteiger partial charge in [-0.25, -0.2) is 9.59 Å². The maximum Gasteiger partial charge on any atom is 0.332 e. The Balaban J connectivity index is 1.91. The van der Waals surface area contributed by atoms with Crippen molar-refractivity contribution in [3.63, 3.8) is 0 Å². The van der Waals surface area contributed by atoms with Crippen LogP contribution in [0, 0.1) is 0 Å². The number of rotatable bonds is 7. The van der Waals surface area contributed by atoms with Crippen molar-refractivity contribution < 1.29 is 28.5 Å². The second-order valence-electron chi connectivity index (χ2n) is 4.77. The SMILES string of the molecule is C=CC(=O)OC1(CCC2(OC(=O)C=C)CCO2)CCO1. The summed E-state index contributed by atoms with van der Waals surface area (Å²) in [4.78, 5) is 22.6. The topological polar surface area (TPSA) is 71.1 Å². The molecular formula is C14H18O6. The third-order valence-electron chi connectivity index (χ3n) is 3.49. The highest BCUT2D eigenvalue weighted by Gasteiger charge is 2.48. The van der Waals surface area contributed by atoms with Crippen LogP contribution in [0.1, 0.15) is 25.7 Å². The Kier molecular flexibility index (Phi) is 4.25. The van der Waals surface area contributed by atoms with Crippen molar-refractivity contribution in [3.8, 4) is 0 Å². The van der Waals surface area contributed by atoms with Crippen molar-refractivity contribution >= 4 is 11.9 Å². The zero-order chi connectivity index (χ0) is 14.6. The van der Waals surface area contributed by atoms with Crippen molar-refractivity contribution in [1.29, 1.82) is 0 Å². The average Bonchev–Trinajstić information content (AvgIpc) is 2.37. The van der Waals surface area contributed by atoms with Crippen molar-refractivity contribution in [1.82, 2.24) is 0 Å². The number of carbonyl (C=O) groups excluding carboxylic acids is 2. The molecule has 2 fully saturated rings. The van der Waals surface area contributed by atoms with Crippen LogP contribution in [0.2, 0.25) is 0 Å². The predicted molar refractivity (Wildman–Crippen MR) is 68.4 cm³/mol. The molecule has 2 saturated heterocycles. The lowest BCUT2D eigenvalue weighted by Gasteiger charge is -2.45. The second kappa shape index (κ2) is 5.76. The summed E-state index contributed by atoms with van der Waals surface area (Å²) in [7, 11) is 0. The minimum atomic E-state index is -0.947. The van der Waals surface area contributed by atoms with Gasteiger partial charge in [-0.3, -0.25) is 0 Å².